The van der Waals surface area contributed by atoms with E-state index in [1.54, 1.807) is 6.92 Å². The molecule has 1 aliphatic heterocycles. The molecule has 1 heterocycles. The maximum atomic E-state index is 12.3. The summed E-state index contributed by atoms with van der Waals surface area (Å²) in [7, 11) is 3.93. The molecule has 1 aliphatic rings. The Hall–Kier alpha value is -1.06. The van der Waals surface area contributed by atoms with Gasteiger partial charge < -0.3 is 28.9 Å². The fourth-order valence-electron chi connectivity index (χ4n) is 2.71. The van der Waals surface area contributed by atoms with E-state index in [0.717, 1.165) is 24.5 Å². The lowest BCUT2D eigenvalue weighted by molar-refractivity contribution is -0.900. The zero-order valence-electron chi connectivity index (χ0n) is 16.7. The quantitative estimate of drug-likeness (QED) is 0.532. The van der Waals surface area contributed by atoms with E-state index >= 15 is 0 Å². The number of nitrogens with zero attached hydrogens (tertiary/aromatic N) is 1. The van der Waals surface area contributed by atoms with Crippen molar-refractivity contribution < 1.29 is 33.6 Å². The highest BCUT2D eigenvalue weighted by molar-refractivity contribution is 5.77. The number of Topliss-reactive ketones (excluding diaryl/α,β-unsaturated/α-hetero) is 1. The summed E-state index contributed by atoms with van der Waals surface area (Å²) in [5, 5.41) is 0. The topological polar surface area (TPSA) is 74.0 Å². The maximum Gasteiger partial charge on any atom is 0.277 e. The second-order valence-electron chi connectivity index (χ2n) is 7.05. The third-order valence-electron chi connectivity index (χ3n) is 4.27. The van der Waals surface area contributed by atoms with Crippen LogP contribution in [0.2, 0.25) is 0 Å². The summed E-state index contributed by atoms with van der Waals surface area (Å²) in [5.41, 5.74) is 0. The number of quaternary nitrogens is 2. The molecule has 0 bridgehead atoms. The first-order chi connectivity index (χ1) is 12.5. The molecule has 152 valence electrons. The first kappa shape index (κ1) is 23.0. The Morgan fingerprint density at radius 3 is 2.00 bits per heavy atom. The molecule has 1 saturated heterocycles. The molecule has 26 heavy (non-hydrogen) atoms. The van der Waals surface area contributed by atoms with Crippen molar-refractivity contribution in [2.24, 2.45) is 0 Å². The molecule has 0 aromatic rings. The zero-order valence-corrected chi connectivity index (χ0v) is 16.7. The smallest absolute Gasteiger partial charge is 0.277 e. The monoisotopic (exact) mass is 375 g/mol. The highest BCUT2D eigenvalue weighted by atomic mass is 16.5. The molecular formula is C18H37N3O5+2. The third-order valence-corrected chi connectivity index (χ3v) is 4.27. The van der Waals surface area contributed by atoms with Crippen LogP contribution in [-0.2, 0) is 23.8 Å². The van der Waals surface area contributed by atoms with Crippen molar-refractivity contribution >= 4 is 11.7 Å². The van der Waals surface area contributed by atoms with Crippen LogP contribution in [-0.4, -0.2) is 110 Å². The predicted molar refractivity (Wildman–Crippen MR) is 97.6 cm³/mol. The Morgan fingerprint density at radius 2 is 1.46 bits per heavy atom. The largest absolute Gasteiger partial charge is 0.377 e. The van der Waals surface area contributed by atoms with Gasteiger partial charge in [-0.2, -0.15) is 0 Å². The van der Waals surface area contributed by atoms with Gasteiger partial charge in [0.05, 0.1) is 66.7 Å². The number of ether oxygens (including phenoxy) is 3. The van der Waals surface area contributed by atoms with Gasteiger partial charge in [0.1, 0.15) is 18.9 Å². The number of ketones is 1. The lowest BCUT2D eigenvalue weighted by Crippen LogP contribution is -3.13. The van der Waals surface area contributed by atoms with Gasteiger partial charge in [-0.25, -0.2) is 0 Å². The summed E-state index contributed by atoms with van der Waals surface area (Å²) in [5.74, 6) is 0.326. The first-order valence-corrected chi connectivity index (χ1v) is 9.62. The van der Waals surface area contributed by atoms with Gasteiger partial charge in [-0.3, -0.25) is 9.59 Å². The lowest BCUT2D eigenvalue weighted by Gasteiger charge is -2.23. The van der Waals surface area contributed by atoms with Gasteiger partial charge in [0.2, 0.25) is 0 Å². The number of rotatable bonds is 5. The van der Waals surface area contributed by atoms with E-state index < -0.39 is 0 Å². The summed E-state index contributed by atoms with van der Waals surface area (Å²) < 4.78 is 16.9. The molecule has 1 rings (SSSR count). The minimum Gasteiger partial charge on any atom is -0.377 e. The fourth-order valence-corrected chi connectivity index (χ4v) is 2.71. The summed E-state index contributed by atoms with van der Waals surface area (Å²) >= 11 is 0. The van der Waals surface area contributed by atoms with Crippen LogP contribution < -0.4 is 9.80 Å². The van der Waals surface area contributed by atoms with Crippen LogP contribution in [0.15, 0.2) is 0 Å². The Balaban J connectivity index is 2.49. The van der Waals surface area contributed by atoms with E-state index in [1.807, 2.05) is 19.0 Å². The second kappa shape index (κ2) is 14.1. The van der Waals surface area contributed by atoms with E-state index in [2.05, 4.69) is 0 Å². The molecule has 1 unspecified atom stereocenters. The average molecular weight is 376 g/mol. The number of amides is 1. The molecule has 8 nitrogen and oxygen atoms in total. The molecule has 0 aliphatic carbocycles. The molecule has 0 aromatic carbocycles. The summed E-state index contributed by atoms with van der Waals surface area (Å²) in [4.78, 5) is 27.8. The maximum absolute atomic E-state index is 12.3. The van der Waals surface area contributed by atoms with Gasteiger partial charge in [-0.15, -0.1) is 0 Å². The van der Waals surface area contributed by atoms with Crippen molar-refractivity contribution in [2.75, 3.05) is 93.0 Å². The molecule has 0 aromatic heterocycles. The lowest BCUT2D eigenvalue weighted by atomic mass is 10.3. The Kier molecular flexibility index (Phi) is 12.4. The molecule has 1 amide bonds. The van der Waals surface area contributed by atoms with Crippen LogP contribution in [0.25, 0.3) is 0 Å². The number of hydrogen-bond acceptors (Lipinski definition) is 5. The second-order valence-corrected chi connectivity index (χ2v) is 7.05. The van der Waals surface area contributed by atoms with Crippen molar-refractivity contribution in [3.05, 3.63) is 0 Å². The van der Waals surface area contributed by atoms with Gasteiger partial charge >= 0.3 is 0 Å². The van der Waals surface area contributed by atoms with E-state index in [1.165, 1.54) is 4.90 Å². The molecule has 0 radical (unpaired) electrons. The normalized spacial score (nSPS) is 21.8. The predicted octanol–water partition coefficient (Wildman–Crippen LogP) is -3.11. The standard InChI is InChI=1S/C18H35N3O5/c1-17(22)4-5-20-6-10-24-12-8-21(18(23)16-19(2)3)9-13-26-15-14-25-11-7-20/h4-16H2,1-3H3/p+2. The van der Waals surface area contributed by atoms with Gasteiger partial charge in [-0.1, -0.05) is 0 Å². The van der Waals surface area contributed by atoms with Crippen LogP contribution in [0, 0.1) is 0 Å². The number of carbonyl (C=O) groups is 2. The Bertz CT molecular complexity index is 406. The van der Waals surface area contributed by atoms with Gasteiger partial charge in [0.15, 0.2) is 6.54 Å². The number of nitrogens with one attached hydrogen (secondary N) is 2. The molecule has 8 heteroatoms. The fraction of sp³-hybridized carbons (Fsp3) is 0.889. The molecule has 0 spiro atoms. The summed E-state index contributed by atoms with van der Waals surface area (Å²) in [6.45, 7) is 9.10. The van der Waals surface area contributed by atoms with Crippen molar-refractivity contribution in [3.8, 4) is 0 Å². The zero-order chi connectivity index (χ0) is 19.2. The van der Waals surface area contributed by atoms with Crippen molar-refractivity contribution in [1.82, 2.24) is 4.90 Å². The van der Waals surface area contributed by atoms with Crippen LogP contribution >= 0.6 is 0 Å². The SMILES string of the molecule is CC(=O)CC[NH+]1CCOCCOCCN(C(=O)C[NH+](C)C)CCOCC1. The van der Waals surface area contributed by atoms with E-state index in [-0.39, 0.29) is 11.7 Å². The molecular weight excluding hydrogens is 338 g/mol. The number of carbonyl (C=O) groups excluding carboxylic acids is 2. The van der Waals surface area contributed by atoms with Crippen LogP contribution in [0.1, 0.15) is 13.3 Å². The minimum absolute atomic E-state index is 0.117. The summed E-state index contributed by atoms with van der Waals surface area (Å²) in [6.07, 6.45) is 0.577. The highest BCUT2D eigenvalue weighted by Crippen LogP contribution is 1.92. The van der Waals surface area contributed by atoms with Gasteiger partial charge in [-0.05, 0) is 6.92 Å². The third kappa shape index (κ3) is 11.5. The van der Waals surface area contributed by atoms with Crippen molar-refractivity contribution in [1.29, 1.82) is 0 Å². The molecule has 1 atom stereocenters. The minimum atomic E-state index is 0.117. The Labute approximate surface area is 157 Å². The van der Waals surface area contributed by atoms with Crippen LogP contribution in [0.4, 0.5) is 0 Å². The molecule has 0 saturated carbocycles. The number of hydrogen-bond donors (Lipinski definition) is 2. The van der Waals surface area contributed by atoms with Crippen molar-refractivity contribution in [3.63, 3.8) is 0 Å². The average Bonchev–Trinajstić information content (AvgIpc) is 2.58. The molecule has 2 N–H and O–H groups in total. The highest BCUT2D eigenvalue weighted by Gasteiger charge is 2.17. The summed E-state index contributed by atoms with van der Waals surface area (Å²) in [6, 6.07) is 0. The molecule has 1 fully saturated rings. The van der Waals surface area contributed by atoms with Crippen LogP contribution in [0.5, 0.6) is 0 Å². The van der Waals surface area contributed by atoms with E-state index in [4.69, 9.17) is 14.2 Å². The number of likely N-dealkylation sites (N-methyl/N-ethyl adjacent to an activating group) is 1. The van der Waals surface area contributed by atoms with Crippen molar-refractivity contribution in [2.45, 2.75) is 13.3 Å². The first-order valence-electron chi connectivity index (χ1n) is 9.62. The van der Waals surface area contributed by atoms with Crippen LogP contribution in [0.3, 0.4) is 0 Å². The van der Waals surface area contributed by atoms with E-state index in [9.17, 15) is 9.59 Å². The van der Waals surface area contributed by atoms with E-state index in [0.29, 0.717) is 65.7 Å². The van der Waals surface area contributed by atoms with Gasteiger partial charge in [0.25, 0.3) is 5.91 Å². The Morgan fingerprint density at radius 1 is 0.923 bits per heavy atom. The van der Waals surface area contributed by atoms with Gasteiger partial charge in [0, 0.05) is 13.1 Å².